The van der Waals surface area contributed by atoms with Gasteiger partial charge in [-0.25, -0.2) is 9.78 Å². The van der Waals surface area contributed by atoms with Crippen LogP contribution in [0.5, 0.6) is 5.75 Å². The Kier molecular flexibility index (Phi) is 9.60. The zero-order valence-corrected chi connectivity index (χ0v) is 24.7. The molecule has 2 aromatic heterocycles. The summed E-state index contributed by atoms with van der Waals surface area (Å²) in [5, 5.41) is 14.7. The third kappa shape index (κ3) is 6.47. The first-order chi connectivity index (χ1) is 20.6. The number of H-pyrrole nitrogens is 1. The van der Waals surface area contributed by atoms with Gasteiger partial charge >= 0.3 is 57.1 Å². The Labute approximate surface area is 297 Å². The summed E-state index contributed by atoms with van der Waals surface area (Å²) in [4.78, 5) is 33.2. The average molecular weight is 619 g/mol. The third-order valence-electron chi connectivity index (χ3n) is 7.87. The molecule has 0 saturated heterocycles. The Balaban J connectivity index is 0.00000384. The molecule has 5 aromatic rings. The molecule has 44 heavy (non-hydrogen) atoms. The van der Waals surface area contributed by atoms with Crippen LogP contribution in [0.15, 0.2) is 80.8 Å². The Morgan fingerprint density at radius 1 is 1.05 bits per heavy atom. The van der Waals surface area contributed by atoms with Crippen molar-refractivity contribution >= 4 is 51.4 Å². The number of nitrogens with zero attached hydrogens (tertiary/aromatic N) is 3. The molecule has 3 aromatic carbocycles. The van der Waals surface area contributed by atoms with Crippen molar-refractivity contribution in [3.05, 3.63) is 116 Å². The van der Waals surface area contributed by atoms with Gasteiger partial charge in [0.25, 0.3) is 5.56 Å². The van der Waals surface area contributed by atoms with Gasteiger partial charge in [-0.2, -0.15) is 0 Å². The number of aliphatic hydroxyl groups excluding tert-OH is 1. The van der Waals surface area contributed by atoms with Gasteiger partial charge < -0.3 is 9.84 Å². The molecule has 0 radical (unpaired) electrons. The average Bonchev–Trinajstić information content (AvgIpc) is 3.41. The number of aryl methyl sites for hydroxylation is 2. The molecule has 0 spiro atoms. The van der Waals surface area contributed by atoms with Crippen LogP contribution >= 0.6 is 0 Å². The van der Waals surface area contributed by atoms with E-state index in [1.54, 1.807) is 4.57 Å². The molecule has 2 N–H and O–H groups in total. The van der Waals surface area contributed by atoms with Crippen LogP contribution in [-0.4, -0.2) is 81.8 Å². The molecule has 1 aliphatic heterocycles. The number of ether oxygens (including phenoxy) is 1. The van der Waals surface area contributed by atoms with Gasteiger partial charge in [0.15, 0.2) is 5.82 Å². The second-order valence-corrected chi connectivity index (χ2v) is 11.6. The molecule has 10 heteroatoms. The Morgan fingerprint density at radius 2 is 1.77 bits per heavy atom. The first-order valence-corrected chi connectivity index (χ1v) is 14.5. The van der Waals surface area contributed by atoms with E-state index in [0.717, 1.165) is 34.4 Å². The van der Waals surface area contributed by atoms with Crippen LogP contribution in [-0.2, 0) is 12.8 Å². The molecule has 0 amide bonds. The van der Waals surface area contributed by atoms with Crippen molar-refractivity contribution in [2.45, 2.75) is 65.1 Å². The first kappa shape index (κ1) is 32.3. The van der Waals surface area contributed by atoms with Gasteiger partial charge in [-0.1, -0.05) is 67.0 Å². The molecule has 1 aliphatic rings. The number of hydrogen-bond donors (Lipinski definition) is 2. The van der Waals surface area contributed by atoms with E-state index in [1.165, 1.54) is 0 Å². The molecule has 0 saturated carbocycles. The third-order valence-corrected chi connectivity index (χ3v) is 7.87. The zero-order chi connectivity index (χ0) is 30.3. The van der Waals surface area contributed by atoms with E-state index in [2.05, 4.69) is 17.1 Å². The van der Waals surface area contributed by atoms with Crippen molar-refractivity contribution in [1.82, 2.24) is 19.7 Å². The minimum atomic E-state index is -0.685. The van der Waals surface area contributed by atoms with Gasteiger partial charge in [0.05, 0.1) is 17.5 Å². The molecule has 9 nitrogen and oxygen atoms in total. The summed E-state index contributed by atoms with van der Waals surface area (Å²) in [6.07, 6.45) is 1.76. The molecule has 222 valence electrons. The number of aromatic nitrogens is 4. The van der Waals surface area contributed by atoms with Crippen molar-refractivity contribution in [2.75, 3.05) is 0 Å². The summed E-state index contributed by atoms with van der Waals surface area (Å²) >= 11 is 0. The van der Waals surface area contributed by atoms with Crippen LogP contribution in [0.1, 0.15) is 67.9 Å². The summed E-state index contributed by atoms with van der Waals surface area (Å²) in [6.45, 7) is 7.82. The van der Waals surface area contributed by atoms with E-state index in [9.17, 15) is 14.7 Å². The number of benzene rings is 3. The molecule has 3 heterocycles. The Bertz CT molecular complexity index is 1920. The number of hydrogen-bond acceptors (Lipinski definition) is 7. The standard InChI is InChI=1S/C34H34N4O5.K.H/c1-5-8-28-26(17-21-11-13-22(14-12-21)24-9-6-7-10-25(24)31-36-33(41)43-37-31)32(40)38(20(2)35-28)23-15-16-30-27(18-23)29(39)19-34(3,4)42-30;;/h6-7,9-16,18,29,39H,5,8,17,19H2,1-4H3,(H,36,37,41);;. The number of rotatable bonds is 7. The summed E-state index contributed by atoms with van der Waals surface area (Å²) in [6, 6.07) is 21.2. The predicted octanol–water partition coefficient (Wildman–Crippen LogP) is 5.04. The quantitative estimate of drug-likeness (QED) is 0.245. The summed E-state index contributed by atoms with van der Waals surface area (Å²) in [5.41, 5.74) is 5.74. The maximum absolute atomic E-state index is 14.1. The zero-order valence-electron chi connectivity index (χ0n) is 24.7. The Hall–Kier alpha value is -3.12. The van der Waals surface area contributed by atoms with Crippen molar-refractivity contribution < 1.29 is 14.4 Å². The summed E-state index contributed by atoms with van der Waals surface area (Å²) < 4.78 is 12.4. The topological polar surface area (TPSA) is 123 Å². The van der Waals surface area contributed by atoms with Gasteiger partial charge in [0, 0.05) is 29.5 Å². The summed E-state index contributed by atoms with van der Waals surface area (Å²) in [7, 11) is 0. The maximum atomic E-state index is 14.1. The van der Waals surface area contributed by atoms with E-state index in [0.29, 0.717) is 53.5 Å². The van der Waals surface area contributed by atoms with Crippen LogP contribution < -0.4 is 16.1 Å². The molecule has 6 rings (SSSR count). The van der Waals surface area contributed by atoms with Crippen LogP contribution in [0.4, 0.5) is 0 Å². The fraction of sp³-hybridized carbons (Fsp3) is 0.294. The molecule has 0 aliphatic carbocycles. The van der Waals surface area contributed by atoms with E-state index in [-0.39, 0.29) is 56.9 Å². The number of aromatic amines is 1. The van der Waals surface area contributed by atoms with Gasteiger partial charge in [-0.05, 0) is 62.1 Å². The molecular formula is C34H35KN4O5. The Morgan fingerprint density at radius 3 is 2.45 bits per heavy atom. The second-order valence-electron chi connectivity index (χ2n) is 11.6. The fourth-order valence-electron chi connectivity index (χ4n) is 5.88. The van der Waals surface area contributed by atoms with E-state index >= 15 is 0 Å². The van der Waals surface area contributed by atoms with Gasteiger partial charge in [-0.3, -0.25) is 18.9 Å². The van der Waals surface area contributed by atoms with Crippen molar-refractivity contribution in [3.8, 4) is 34.0 Å². The van der Waals surface area contributed by atoms with Crippen LogP contribution in [0.3, 0.4) is 0 Å². The van der Waals surface area contributed by atoms with Gasteiger partial charge in [0.2, 0.25) is 0 Å². The second kappa shape index (κ2) is 13.1. The van der Waals surface area contributed by atoms with Gasteiger partial charge in [-0.15, -0.1) is 0 Å². The number of aliphatic hydroxyl groups is 1. The minimum absolute atomic E-state index is 0. The molecule has 1 atom stereocenters. The molecule has 0 bridgehead atoms. The van der Waals surface area contributed by atoms with Crippen molar-refractivity contribution in [3.63, 3.8) is 0 Å². The van der Waals surface area contributed by atoms with E-state index in [4.69, 9.17) is 14.2 Å². The molecular weight excluding hydrogens is 583 g/mol. The number of nitrogens with one attached hydrogen (secondary N) is 1. The molecule has 0 fully saturated rings. The van der Waals surface area contributed by atoms with Crippen LogP contribution in [0.2, 0.25) is 0 Å². The van der Waals surface area contributed by atoms with E-state index in [1.807, 2.05) is 87.5 Å². The fourth-order valence-corrected chi connectivity index (χ4v) is 5.88. The normalized spacial score (nSPS) is 15.2. The molecule has 1 unspecified atom stereocenters. The van der Waals surface area contributed by atoms with Crippen molar-refractivity contribution in [2.24, 2.45) is 0 Å². The predicted molar refractivity (Wildman–Crippen MR) is 171 cm³/mol. The van der Waals surface area contributed by atoms with Crippen LogP contribution in [0, 0.1) is 6.92 Å². The van der Waals surface area contributed by atoms with Crippen LogP contribution in [0.25, 0.3) is 28.2 Å². The monoisotopic (exact) mass is 618 g/mol. The van der Waals surface area contributed by atoms with Gasteiger partial charge in [0.1, 0.15) is 17.2 Å². The summed E-state index contributed by atoms with van der Waals surface area (Å²) in [5.74, 6) is 0.987. The number of fused-ring (bicyclic) bond motifs is 1. The first-order valence-electron chi connectivity index (χ1n) is 14.5. The SMILES string of the molecule is CCCc1nc(C)n(-c2ccc3c(c2)C(O)CC(C)(C)O3)c(=O)c1Cc1ccc(-c2ccccc2-c2noc(=O)[nH]2)cc1.[KH]. The van der Waals surface area contributed by atoms with E-state index < -0.39 is 17.5 Å². The van der Waals surface area contributed by atoms with Crippen molar-refractivity contribution in [1.29, 1.82) is 0 Å².